The van der Waals surface area contributed by atoms with Gasteiger partial charge in [0, 0.05) is 48.3 Å². The van der Waals surface area contributed by atoms with Crippen molar-refractivity contribution in [3.05, 3.63) is 63.6 Å². The van der Waals surface area contributed by atoms with Crippen LogP contribution in [0.4, 0.5) is 5.69 Å². The lowest BCUT2D eigenvalue weighted by atomic mass is 9.64. The van der Waals surface area contributed by atoms with E-state index in [-0.39, 0.29) is 18.2 Å². The maximum atomic E-state index is 13.6. The average molecular weight is 433 g/mol. The Morgan fingerprint density at radius 3 is 2.62 bits per heavy atom. The first-order valence-electron chi connectivity index (χ1n) is 9.59. The maximum Gasteiger partial charge on any atom is 0.238 e. The van der Waals surface area contributed by atoms with Gasteiger partial charge in [-0.2, -0.15) is 0 Å². The summed E-state index contributed by atoms with van der Waals surface area (Å²) >= 11 is 12.5. The molecule has 0 saturated carbocycles. The Bertz CT molecular complexity index is 980. The van der Waals surface area contributed by atoms with E-state index in [9.17, 15) is 9.59 Å². The maximum absolute atomic E-state index is 13.6. The molecule has 7 heteroatoms. The lowest BCUT2D eigenvalue weighted by molar-refractivity contribution is -0.132. The Hall–Kier alpha value is -2.08. The van der Waals surface area contributed by atoms with Gasteiger partial charge in [-0.15, -0.1) is 0 Å². The number of carbonyl (C=O) groups excluding carboxylic acids is 2. The van der Waals surface area contributed by atoms with Gasteiger partial charge >= 0.3 is 0 Å². The van der Waals surface area contributed by atoms with Crippen LogP contribution in [0.15, 0.2) is 42.5 Å². The molecule has 3 atom stereocenters. The number of likely N-dealkylation sites (N-methyl/N-ethyl adjacent to an activating group) is 1. The third kappa shape index (κ3) is 3.12. The quantitative estimate of drug-likeness (QED) is 0.788. The number of benzene rings is 2. The van der Waals surface area contributed by atoms with Crippen molar-refractivity contribution >= 4 is 40.7 Å². The van der Waals surface area contributed by atoms with Gasteiger partial charge in [0.2, 0.25) is 11.8 Å². The number of nitrogens with one attached hydrogen (secondary N) is 1. The number of ether oxygens (including phenoxy) is 1. The minimum absolute atomic E-state index is 0.00776. The topological polar surface area (TPSA) is 58.6 Å². The summed E-state index contributed by atoms with van der Waals surface area (Å²) in [5.41, 5.74) is 1.23. The van der Waals surface area contributed by atoms with Crippen LogP contribution in [0.3, 0.4) is 0 Å². The van der Waals surface area contributed by atoms with Crippen LogP contribution < -0.4 is 5.32 Å². The molecule has 1 fully saturated rings. The molecule has 2 aliphatic heterocycles. The van der Waals surface area contributed by atoms with Crippen molar-refractivity contribution in [2.75, 3.05) is 25.5 Å². The second kappa shape index (κ2) is 7.63. The molecular weight excluding hydrogens is 411 g/mol. The van der Waals surface area contributed by atoms with Crippen LogP contribution in [0.1, 0.15) is 30.4 Å². The average Bonchev–Trinajstić information content (AvgIpc) is 2.90. The van der Waals surface area contributed by atoms with E-state index in [2.05, 4.69) is 5.32 Å². The highest BCUT2D eigenvalue weighted by Crippen LogP contribution is 2.53. The molecule has 1 spiro atoms. The molecule has 1 N–H and O–H groups in total. The molecule has 0 radical (unpaired) electrons. The number of hydrogen-bond acceptors (Lipinski definition) is 3. The third-order valence-corrected chi connectivity index (χ3v) is 6.61. The zero-order valence-electron chi connectivity index (χ0n) is 16.2. The Balaban J connectivity index is 2.00. The summed E-state index contributed by atoms with van der Waals surface area (Å²) in [5.74, 6) is -0.624. The zero-order chi connectivity index (χ0) is 20.8. The molecule has 152 valence electrons. The summed E-state index contributed by atoms with van der Waals surface area (Å²) in [7, 11) is 1.59. The van der Waals surface area contributed by atoms with Crippen molar-refractivity contribution in [3.63, 3.8) is 0 Å². The number of likely N-dealkylation sites (tertiary alicyclic amines) is 1. The van der Waals surface area contributed by atoms with Crippen molar-refractivity contribution in [2.24, 2.45) is 0 Å². The molecule has 2 aromatic rings. The molecule has 2 aliphatic rings. The Kier molecular flexibility index (Phi) is 5.32. The number of rotatable bonds is 3. The Morgan fingerprint density at radius 2 is 1.93 bits per heavy atom. The van der Waals surface area contributed by atoms with Gasteiger partial charge in [0.05, 0.1) is 6.10 Å². The van der Waals surface area contributed by atoms with Gasteiger partial charge < -0.3 is 15.0 Å². The minimum Gasteiger partial charge on any atom is -0.378 e. The molecule has 0 bridgehead atoms. The first kappa shape index (κ1) is 20.2. The summed E-state index contributed by atoms with van der Waals surface area (Å²) in [6.45, 7) is 2.81. The van der Waals surface area contributed by atoms with Crippen LogP contribution in [0.2, 0.25) is 10.0 Å². The number of hydrogen-bond donors (Lipinski definition) is 1. The van der Waals surface area contributed by atoms with Crippen molar-refractivity contribution in [2.45, 2.75) is 30.8 Å². The number of fused-ring (bicyclic) bond motifs is 2. The monoisotopic (exact) mass is 432 g/mol. The second-order valence-electron chi connectivity index (χ2n) is 7.48. The van der Waals surface area contributed by atoms with Gasteiger partial charge in [-0.25, -0.2) is 0 Å². The summed E-state index contributed by atoms with van der Waals surface area (Å²) < 4.78 is 5.91. The molecular formula is C22H22Cl2N2O3. The number of carbonyl (C=O) groups is 2. The number of nitrogens with zero attached hydrogens (tertiary/aromatic N) is 1. The van der Waals surface area contributed by atoms with Gasteiger partial charge in [0.25, 0.3) is 0 Å². The predicted molar refractivity (Wildman–Crippen MR) is 114 cm³/mol. The molecule has 0 unspecified atom stereocenters. The van der Waals surface area contributed by atoms with E-state index in [1.807, 2.05) is 31.2 Å². The summed E-state index contributed by atoms with van der Waals surface area (Å²) in [5, 5.41) is 4.08. The predicted octanol–water partition coefficient (Wildman–Crippen LogP) is 4.23. The third-order valence-electron chi connectivity index (χ3n) is 6.14. The fourth-order valence-corrected chi connectivity index (χ4v) is 5.17. The first-order valence-corrected chi connectivity index (χ1v) is 10.3. The highest BCUT2D eigenvalue weighted by Gasteiger charge is 2.60. The lowest BCUT2D eigenvalue weighted by Crippen LogP contribution is -2.53. The molecule has 4 rings (SSSR count). The highest BCUT2D eigenvalue weighted by molar-refractivity contribution is 6.31. The Morgan fingerprint density at radius 1 is 1.17 bits per heavy atom. The molecule has 2 amide bonds. The molecule has 5 nitrogen and oxygen atoms in total. The van der Waals surface area contributed by atoms with Gasteiger partial charge in [0.1, 0.15) is 5.41 Å². The second-order valence-corrected chi connectivity index (χ2v) is 8.35. The first-order chi connectivity index (χ1) is 13.9. The highest BCUT2D eigenvalue weighted by atomic mass is 35.5. The fourth-order valence-electron chi connectivity index (χ4n) is 4.80. The van der Waals surface area contributed by atoms with E-state index in [0.717, 1.165) is 11.1 Å². The standard InChI is InChI=1S/C22H22Cl2N2O3/c1-3-26-12-19(29-2)22(16-8-7-15(24)10-18(16)25-21(22)28)17(11-20(26)27)13-5-4-6-14(23)9-13/h4-10,17,19H,3,11-12H2,1-2H3,(H,25,28)/t17-,19-,22-/m0/s1. The summed E-state index contributed by atoms with van der Waals surface area (Å²) in [4.78, 5) is 28.4. The lowest BCUT2D eigenvalue weighted by Gasteiger charge is -2.39. The van der Waals surface area contributed by atoms with Gasteiger partial charge in [-0.1, -0.05) is 41.4 Å². The van der Waals surface area contributed by atoms with E-state index in [1.165, 1.54) is 0 Å². The number of halogens is 2. The van der Waals surface area contributed by atoms with Crippen LogP contribution in [-0.4, -0.2) is 43.0 Å². The number of anilines is 1. The van der Waals surface area contributed by atoms with Gasteiger partial charge in [-0.3, -0.25) is 9.59 Å². The summed E-state index contributed by atoms with van der Waals surface area (Å²) in [6.07, 6.45) is -0.343. The number of amides is 2. The largest absolute Gasteiger partial charge is 0.378 e. The van der Waals surface area contributed by atoms with Gasteiger partial charge in [0.15, 0.2) is 0 Å². The smallest absolute Gasteiger partial charge is 0.238 e. The minimum atomic E-state index is -1.07. The molecule has 0 aromatic heterocycles. The zero-order valence-corrected chi connectivity index (χ0v) is 17.8. The number of methoxy groups -OCH3 is 1. The van der Waals surface area contributed by atoms with E-state index in [4.69, 9.17) is 27.9 Å². The van der Waals surface area contributed by atoms with E-state index < -0.39 is 17.4 Å². The Labute approximate surface area is 179 Å². The van der Waals surface area contributed by atoms with Crippen LogP contribution >= 0.6 is 23.2 Å². The van der Waals surface area contributed by atoms with Crippen molar-refractivity contribution < 1.29 is 14.3 Å². The SMILES string of the molecule is CCN1C[C@H](OC)[C@@]2(C(=O)Nc3cc(Cl)ccc32)[C@H](c2cccc(Cl)c2)CC1=O. The van der Waals surface area contributed by atoms with Gasteiger partial charge in [-0.05, 0) is 42.3 Å². The van der Waals surface area contributed by atoms with E-state index in [1.54, 1.807) is 30.2 Å². The van der Waals surface area contributed by atoms with E-state index >= 15 is 0 Å². The normalized spacial score (nSPS) is 26.4. The molecule has 0 aliphatic carbocycles. The molecule has 2 heterocycles. The summed E-state index contributed by atoms with van der Waals surface area (Å²) in [6, 6.07) is 12.8. The molecule has 2 aromatic carbocycles. The van der Waals surface area contributed by atoms with Crippen molar-refractivity contribution in [1.82, 2.24) is 4.90 Å². The molecule has 29 heavy (non-hydrogen) atoms. The van der Waals surface area contributed by atoms with Crippen molar-refractivity contribution in [3.8, 4) is 0 Å². The van der Waals surface area contributed by atoms with Crippen molar-refractivity contribution in [1.29, 1.82) is 0 Å². The van der Waals surface area contributed by atoms with E-state index in [0.29, 0.717) is 28.8 Å². The van der Waals surface area contributed by atoms with Crippen LogP contribution in [-0.2, 0) is 19.7 Å². The van der Waals surface area contributed by atoms with Crippen LogP contribution in [0.25, 0.3) is 0 Å². The molecule has 1 saturated heterocycles. The fraction of sp³-hybridized carbons (Fsp3) is 0.364. The van der Waals surface area contributed by atoms with Crippen LogP contribution in [0.5, 0.6) is 0 Å². The van der Waals surface area contributed by atoms with Crippen LogP contribution in [0, 0.1) is 0 Å².